The van der Waals surface area contributed by atoms with Crippen molar-refractivity contribution in [3.8, 4) is 0 Å². The molecule has 0 bridgehead atoms. The highest BCUT2D eigenvalue weighted by molar-refractivity contribution is 7.10. The van der Waals surface area contributed by atoms with Crippen LogP contribution in [0, 0.1) is 0 Å². The van der Waals surface area contributed by atoms with Crippen LogP contribution < -0.4 is 0 Å². The second-order valence-electron chi connectivity index (χ2n) is 5.39. The third-order valence-electron chi connectivity index (χ3n) is 4.11. The Morgan fingerprint density at radius 1 is 1.62 bits per heavy atom. The van der Waals surface area contributed by atoms with E-state index in [2.05, 4.69) is 27.0 Å². The van der Waals surface area contributed by atoms with Gasteiger partial charge in [0.25, 0.3) is 0 Å². The minimum Gasteiger partial charge on any atom is -0.481 e. The molecule has 0 fully saturated rings. The Balaban J connectivity index is 1.95. The van der Waals surface area contributed by atoms with E-state index >= 15 is 0 Å². The first-order valence-corrected chi connectivity index (χ1v) is 8.14. The molecule has 2 atom stereocenters. The van der Waals surface area contributed by atoms with Crippen LogP contribution in [0.2, 0.25) is 0 Å². The van der Waals surface area contributed by atoms with E-state index in [9.17, 15) is 4.79 Å². The minimum atomic E-state index is -0.817. The number of carboxylic acid groups (broad SMARTS) is 1. The molecule has 3 rings (SSSR count). The first kappa shape index (κ1) is 14.2. The molecule has 0 spiro atoms. The van der Waals surface area contributed by atoms with Gasteiger partial charge >= 0.3 is 5.97 Å². The molecule has 7 heteroatoms. The number of aliphatic carboxylic acids is 1. The Morgan fingerprint density at radius 3 is 3.24 bits per heavy atom. The highest BCUT2D eigenvalue weighted by atomic mass is 32.1. The summed E-state index contributed by atoms with van der Waals surface area (Å²) in [4.78, 5) is 12.4. The molecule has 0 saturated heterocycles. The molecule has 1 N–H and O–H groups in total. The number of hydrogen-bond acceptors (Lipinski definition) is 5. The standard InChI is InChI=1S/C14H18N4O2S/c1-2-9(8-13(19)20)18-14(15-16-17-18)11-4-3-5-12-10(11)6-7-21-12/h6-7,9,11H,2-5,8H2,1H3,(H,19,20). The Kier molecular flexibility index (Phi) is 4.01. The highest BCUT2D eigenvalue weighted by Crippen LogP contribution is 2.39. The molecule has 0 aliphatic heterocycles. The summed E-state index contributed by atoms with van der Waals surface area (Å²) in [6, 6.07) is 1.97. The normalized spacial score (nSPS) is 19.2. The van der Waals surface area contributed by atoms with Gasteiger partial charge in [-0.05, 0) is 53.1 Å². The van der Waals surface area contributed by atoms with Gasteiger partial charge in [-0.25, -0.2) is 4.68 Å². The fraction of sp³-hybridized carbons (Fsp3) is 0.571. The predicted octanol–water partition coefficient (Wildman–Crippen LogP) is 2.63. The third kappa shape index (κ3) is 2.70. The average molecular weight is 306 g/mol. The van der Waals surface area contributed by atoms with E-state index in [4.69, 9.17) is 5.11 Å². The molecule has 6 nitrogen and oxygen atoms in total. The maximum atomic E-state index is 11.0. The Bertz CT molecular complexity index is 636. The topological polar surface area (TPSA) is 80.9 Å². The molecule has 21 heavy (non-hydrogen) atoms. The second-order valence-corrected chi connectivity index (χ2v) is 6.39. The van der Waals surface area contributed by atoms with Gasteiger partial charge in [0, 0.05) is 10.8 Å². The third-order valence-corrected chi connectivity index (χ3v) is 5.11. The van der Waals surface area contributed by atoms with Crippen molar-refractivity contribution < 1.29 is 9.90 Å². The van der Waals surface area contributed by atoms with Crippen LogP contribution in [0.25, 0.3) is 0 Å². The molecule has 0 radical (unpaired) electrons. The molecule has 2 unspecified atom stereocenters. The van der Waals surface area contributed by atoms with Crippen LogP contribution in [0.4, 0.5) is 0 Å². The van der Waals surface area contributed by atoms with Gasteiger partial charge in [0.1, 0.15) is 0 Å². The molecule has 0 aromatic carbocycles. The summed E-state index contributed by atoms with van der Waals surface area (Å²) in [6.07, 6.45) is 4.02. The number of fused-ring (bicyclic) bond motifs is 1. The van der Waals surface area contributed by atoms with Crippen molar-refractivity contribution in [1.29, 1.82) is 0 Å². The average Bonchev–Trinajstić information content (AvgIpc) is 3.12. The van der Waals surface area contributed by atoms with Crippen molar-refractivity contribution in [2.75, 3.05) is 0 Å². The number of carboxylic acids is 1. The van der Waals surface area contributed by atoms with Crippen LogP contribution in [0.3, 0.4) is 0 Å². The Hall–Kier alpha value is -1.76. The second kappa shape index (κ2) is 5.93. The molecule has 0 amide bonds. The van der Waals surface area contributed by atoms with E-state index in [0.717, 1.165) is 25.1 Å². The van der Waals surface area contributed by atoms with E-state index in [1.54, 1.807) is 16.0 Å². The maximum absolute atomic E-state index is 11.0. The van der Waals surface area contributed by atoms with Crippen LogP contribution in [0.15, 0.2) is 11.4 Å². The van der Waals surface area contributed by atoms with E-state index < -0.39 is 5.97 Å². The van der Waals surface area contributed by atoms with Gasteiger partial charge in [-0.3, -0.25) is 4.79 Å². The molecule has 112 valence electrons. The predicted molar refractivity (Wildman–Crippen MR) is 78.5 cm³/mol. The van der Waals surface area contributed by atoms with Crippen molar-refractivity contribution >= 4 is 17.3 Å². The zero-order valence-corrected chi connectivity index (χ0v) is 12.7. The first-order valence-electron chi connectivity index (χ1n) is 7.26. The fourth-order valence-corrected chi connectivity index (χ4v) is 4.04. The molecule has 2 aromatic rings. The summed E-state index contributed by atoms with van der Waals surface area (Å²) in [5, 5.41) is 23.3. The van der Waals surface area contributed by atoms with E-state index in [1.807, 2.05) is 6.92 Å². The van der Waals surface area contributed by atoms with Gasteiger partial charge in [-0.15, -0.1) is 16.4 Å². The SMILES string of the molecule is CCC(CC(=O)O)n1nnnc1C1CCCc2sccc21. The molecule has 2 aromatic heterocycles. The van der Waals surface area contributed by atoms with Crippen molar-refractivity contribution in [1.82, 2.24) is 20.2 Å². The van der Waals surface area contributed by atoms with E-state index in [0.29, 0.717) is 6.42 Å². The van der Waals surface area contributed by atoms with Gasteiger partial charge in [-0.1, -0.05) is 6.92 Å². The summed E-state index contributed by atoms with van der Waals surface area (Å²) in [5.74, 6) is 0.184. The van der Waals surface area contributed by atoms with E-state index in [-0.39, 0.29) is 18.4 Å². The number of carbonyl (C=O) groups is 1. The number of hydrogen-bond donors (Lipinski definition) is 1. The number of thiophene rings is 1. The molecule has 2 heterocycles. The van der Waals surface area contributed by atoms with Crippen LogP contribution in [-0.4, -0.2) is 31.3 Å². The molecular formula is C14H18N4O2S. The lowest BCUT2D eigenvalue weighted by atomic mass is 9.87. The lowest BCUT2D eigenvalue weighted by molar-refractivity contribution is -0.138. The summed E-state index contributed by atoms with van der Waals surface area (Å²) >= 11 is 1.79. The summed E-state index contributed by atoms with van der Waals surface area (Å²) in [6.45, 7) is 1.97. The molecule has 0 saturated carbocycles. The van der Waals surface area contributed by atoms with Crippen molar-refractivity contribution in [2.45, 2.75) is 51.0 Å². The van der Waals surface area contributed by atoms with Gasteiger partial charge in [0.15, 0.2) is 5.82 Å². The monoisotopic (exact) mass is 306 g/mol. The molecular weight excluding hydrogens is 288 g/mol. The lowest BCUT2D eigenvalue weighted by Crippen LogP contribution is -2.21. The summed E-state index contributed by atoms with van der Waals surface area (Å²) < 4.78 is 1.73. The van der Waals surface area contributed by atoms with Crippen molar-refractivity contribution in [3.05, 3.63) is 27.7 Å². The Labute approximate surface area is 126 Å². The number of nitrogens with zero attached hydrogens (tertiary/aromatic N) is 4. The summed E-state index contributed by atoms with van der Waals surface area (Å²) in [5.41, 5.74) is 1.31. The zero-order chi connectivity index (χ0) is 14.8. The number of aryl methyl sites for hydroxylation is 1. The Morgan fingerprint density at radius 2 is 2.48 bits per heavy atom. The van der Waals surface area contributed by atoms with E-state index in [1.165, 1.54) is 10.4 Å². The largest absolute Gasteiger partial charge is 0.481 e. The lowest BCUT2D eigenvalue weighted by Gasteiger charge is -2.23. The van der Waals surface area contributed by atoms with Crippen LogP contribution >= 0.6 is 11.3 Å². The van der Waals surface area contributed by atoms with Gasteiger partial charge in [0.2, 0.25) is 0 Å². The summed E-state index contributed by atoms with van der Waals surface area (Å²) in [7, 11) is 0. The fourth-order valence-electron chi connectivity index (χ4n) is 3.05. The number of tetrazole rings is 1. The molecule has 1 aliphatic rings. The van der Waals surface area contributed by atoms with Crippen LogP contribution in [0.1, 0.15) is 60.8 Å². The molecule has 1 aliphatic carbocycles. The number of rotatable bonds is 5. The van der Waals surface area contributed by atoms with Crippen molar-refractivity contribution in [3.63, 3.8) is 0 Å². The minimum absolute atomic E-state index is 0.0533. The van der Waals surface area contributed by atoms with Crippen molar-refractivity contribution in [2.24, 2.45) is 0 Å². The van der Waals surface area contributed by atoms with Gasteiger partial charge in [-0.2, -0.15) is 0 Å². The van der Waals surface area contributed by atoms with Crippen LogP contribution in [0.5, 0.6) is 0 Å². The van der Waals surface area contributed by atoms with Gasteiger partial charge in [0.05, 0.1) is 12.5 Å². The maximum Gasteiger partial charge on any atom is 0.305 e. The first-order chi connectivity index (χ1) is 10.2. The zero-order valence-electron chi connectivity index (χ0n) is 11.9. The quantitative estimate of drug-likeness (QED) is 0.918. The highest BCUT2D eigenvalue weighted by Gasteiger charge is 2.29. The van der Waals surface area contributed by atoms with Gasteiger partial charge < -0.3 is 5.11 Å². The van der Waals surface area contributed by atoms with Crippen LogP contribution in [-0.2, 0) is 11.2 Å². The number of aromatic nitrogens is 4. The smallest absolute Gasteiger partial charge is 0.305 e.